The molecule has 1 heterocycles. The average Bonchev–Trinajstić information content (AvgIpc) is 3.76. The van der Waals surface area contributed by atoms with Gasteiger partial charge in [0.15, 0.2) is 5.78 Å². The van der Waals surface area contributed by atoms with Gasteiger partial charge in [0.2, 0.25) is 18.2 Å². The molecule has 0 spiro atoms. The van der Waals surface area contributed by atoms with E-state index in [-0.39, 0.29) is 30.4 Å². The van der Waals surface area contributed by atoms with E-state index < -0.39 is 17.6 Å². The summed E-state index contributed by atoms with van der Waals surface area (Å²) in [7, 11) is 1.67. The van der Waals surface area contributed by atoms with Crippen LogP contribution in [0.25, 0.3) is 0 Å². The van der Waals surface area contributed by atoms with E-state index in [1.807, 2.05) is 31.2 Å². The highest BCUT2D eigenvalue weighted by Gasteiger charge is 2.50. The Morgan fingerprint density at radius 2 is 1.69 bits per heavy atom. The average molecular weight is 584 g/mol. The Kier molecular flexibility index (Phi) is 14.5. The highest BCUT2D eigenvalue weighted by atomic mass is 16.6. The lowest BCUT2D eigenvalue weighted by molar-refractivity contribution is -0.130. The summed E-state index contributed by atoms with van der Waals surface area (Å²) in [6, 6.07) is 13.6. The maximum atomic E-state index is 12.4. The second kappa shape index (κ2) is 17.8. The predicted octanol–water partition coefficient (Wildman–Crippen LogP) is 3.23. The summed E-state index contributed by atoms with van der Waals surface area (Å²) in [5.41, 5.74) is 1.20. The third kappa shape index (κ3) is 12.3. The van der Waals surface area contributed by atoms with Crippen molar-refractivity contribution >= 4 is 24.0 Å². The molecule has 1 aliphatic heterocycles. The van der Waals surface area contributed by atoms with Crippen LogP contribution in [0.15, 0.2) is 48.5 Å². The molecular formula is C32H45N3O7. The minimum Gasteiger partial charge on any atom is -0.508 e. The Labute approximate surface area is 248 Å². The van der Waals surface area contributed by atoms with Gasteiger partial charge in [-0.3, -0.25) is 19.2 Å². The van der Waals surface area contributed by atoms with Crippen molar-refractivity contribution in [3.05, 3.63) is 59.7 Å². The van der Waals surface area contributed by atoms with Gasteiger partial charge in [-0.05, 0) is 69.9 Å². The molecule has 10 heteroatoms. The molecule has 2 fully saturated rings. The quantitative estimate of drug-likeness (QED) is 0.235. The standard InChI is InChI=1S/C15H18N2O5.C9H17NO.C8H10O/c1-15(8-22-15)14(21)12(17-13(20)7-16-9-18)6-10-2-4-11(19)5-3-10;1-2-10-9(11)8-6-4-3-5-7-8;1-7-3-5-8(9-2)6-4-7/h2-5,9,12,19H,6-8H2,1H3,(H,16,18)(H,17,20);8H,2-7H2,1H3,(H,10,11);3-6H,1-2H3/t12?,15-;;/m1../s1. The van der Waals surface area contributed by atoms with Crippen molar-refractivity contribution in [1.82, 2.24) is 16.0 Å². The van der Waals surface area contributed by atoms with Crippen molar-refractivity contribution in [2.24, 2.45) is 5.92 Å². The number of phenols is 1. The third-order valence-corrected chi connectivity index (χ3v) is 7.06. The number of hydrogen-bond acceptors (Lipinski definition) is 7. The largest absolute Gasteiger partial charge is 0.508 e. The van der Waals surface area contributed by atoms with Gasteiger partial charge < -0.3 is 30.5 Å². The number of ketones is 1. The number of carbonyl (C=O) groups is 4. The second-order valence-corrected chi connectivity index (χ2v) is 10.6. The number of Topliss-reactive ketones (excluding diaryl/α,β-unsaturated/α-hetero) is 1. The zero-order valence-corrected chi connectivity index (χ0v) is 25.1. The van der Waals surface area contributed by atoms with Gasteiger partial charge in [0.05, 0.1) is 26.3 Å². The number of aromatic hydroxyl groups is 1. The molecule has 1 unspecified atom stereocenters. The number of hydrogen-bond donors (Lipinski definition) is 4. The minimum absolute atomic E-state index is 0.128. The van der Waals surface area contributed by atoms with E-state index in [2.05, 4.69) is 22.9 Å². The van der Waals surface area contributed by atoms with Crippen LogP contribution in [-0.2, 0) is 30.3 Å². The number of ether oxygens (including phenoxy) is 2. The first-order valence-corrected chi connectivity index (χ1v) is 14.4. The Balaban J connectivity index is 0.000000255. The van der Waals surface area contributed by atoms with Crippen LogP contribution in [0.4, 0.5) is 0 Å². The van der Waals surface area contributed by atoms with Crippen molar-refractivity contribution in [3.8, 4) is 11.5 Å². The molecule has 0 bridgehead atoms. The number of phenolic OH excluding ortho intramolecular Hbond substituents is 1. The second-order valence-electron chi connectivity index (χ2n) is 10.6. The number of nitrogens with one attached hydrogen (secondary N) is 3. The fourth-order valence-electron chi connectivity index (χ4n) is 4.43. The van der Waals surface area contributed by atoms with E-state index in [0.717, 1.165) is 30.7 Å². The van der Waals surface area contributed by atoms with Crippen LogP contribution in [0.2, 0.25) is 0 Å². The molecule has 230 valence electrons. The molecule has 4 rings (SSSR count). The van der Waals surface area contributed by atoms with Gasteiger partial charge in [0.25, 0.3) is 0 Å². The van der Waals surface area contributed by atoms with Gasteiger partial charge in [0, 0.05) is 12.5 Å². The number of carbonyl (C=O) groups excluding carboxylic acids is 4. The first-order chi connectivity index (χ1) is 20.1. The van der Waals surface area contributed by atoms with Gasteiger partial charge in [-0.2, -0.15) is 0 Å². The van der Waals surface area contributed by atoms with Gasteiger partial charge >= 0.3 is 0 Å². The van der Waals surface area contributed by atoms with Crippen LogP contribution in [0.3, 0.4) is 0 Å². The Bertz CT molecular complexity index is 1130. The molecule has 1 saturated carbocycles. The Hall–Kier alpha value is -3.92. The monoisotopic (exact) mass is 583 g/mol. The predicted molar refractivity (Wildman–Crippen MR) is 160 cm³/mol. The van der Waals surface area contributed by atoms with Crippen LogP contribution < -0.4 is 20.7 Å². The molecule has 1 aliphatic carbocycles. The smallest absolute Gasteiger partial charge is 0.239 e. The molecule has 42 heavy (non-hydrogen) atoms. The molecule has 10 nitrogen and oxygen atoms in total. The summed E-state index contributed by atoms with van der Waals surface area (Å²) in [5.74, 6) is 0.980. The molecule has 4 N–H and O–H groups in total. The van der Waals surface area contributed by atoms with Crippen LogP contribution in [0.5, 0.6) is 11.5 Å². The van der Waals surface area contributed by atoms with Gasteiger partial charge in [-0.1, -0.05) is 49.1 Å². The first-order valence-electron chi connectivity index (χ1n) is 14.4. The summed E-state index contributed by atoms with van der Waals surface area (Å²) in [6.45, 7) is 6.62. The zero-order valence-electron chi connectivity index (χ0n) is 25.1. The molecule has 1 saturated heterocycles. The van der Waals surface area contributed by atoms with Crippen LogP contribution >= 0.6 is 0 Å². The minimum atomic E-state index is -0.854. The van der Waals surface area contributed by atoms with Gasteiger partial charge in [-0.25, -0.2) is 0 Å². The van der Waals surface area contributed by atoms with Crippen molar-refractivity contribution < 1.29 is 33.8 Å². The fraction of sp³-hybridized carbons (Fsp3) is 0.500. The van der Waals surface area contributed by atoms with Crippen molar-refractivity contribution in [2.45, 2.75) is 70.9 Å². The van der Waals surface area contributed by atoms with Crippen LogP contribution in [-0.4, -0.2) is 67.6 Å². The lowest BCUT2D eigenvalue weighted by Gasteiger charge is -2.20. The van der Waals surface area contributed by atoms with E-state index in [1.165, 1.54) is 37.0 Å². The van der Waals surface area contributed by atoms with Gasteiger partial charge in [-0.15, -0.1) is 0 Å². The van der Waals surface area contributed by atoms with Crippen molar-refractivity contribution in [3.63, 3.8) is 0 Å². The number of rotatable bonds is 11. The molecule has 2 atom stereocenters. The molecule has 3 amide bonds. The normalized spacial score (nSPS) is 18.0. The number of amides is 3. The maximum absolute atomic E-state index is 12.4. The summed E-state index contributed by atoms with van der Waals surface area (Å²) in [6.07, 6.45) is 6.70. The number of methoxy groups -OCH3 is 1. The zero-order chi connectivity index (χ0) is 31.0. The van der Waals surface area contributed by atoms with E-state index in [0.29, 0.717) is 18.9 Å². The summed E-state index contributed by atoms with van der Waals surface area (Å²) in [5, 5.41) is 17.0. The molecule has 2 aromatic carbocycles. The Morgan fingerprint density at radius 1 is 1.07 bits per heavy atom. The molecular weight excluding hydrogens is 538 g/mol. The Morgan fingerprint density at radius 3 is 2.21 bits per heavy atom. The van der Waals surface area contributed by atoms with Crippen molar-refractivity contribution in [1.29, 1.82) is 0 Å². The fourth-order valence-corrected chi connectivity index (χ4v) is 4.43. The summed E-state index contributed by atoms with van der Waals surface area (Å²) < 4.78 is 10.1. The molecule has 0 aromatic heterocycles. The number of aryl methyl sites for hydroxylation is 1. The van der Waals surface area contributed by atoms with Crippen LogP contribution in [0, 0.1) is 12.8 Å². The highest BCUT2D eigenvalue weighted by molar-refractivity contribution is 5.97. The lowest BCUT2D eigenvalue weighted by atomic mass is 9.89. The van der Waals surface area contributed by atoms with E-state index in [4.69, 9.17) is 9.47 Å². The first kappa shape index (κ1) is 34.3. The maximum Gasteiger partial charge on any atom is 0.239 e. The summed E-state index contributed by atoms with van der Waals surface area (Å²) in [4.78, 5) is 45.7. The lowest BCUT2D eigenvalue weighted by Crippen LogP contribution is -2.49. The summed E-state index contributed by atoms with van der Waals surface area (Å²) >= 11 is 0. The topological polar surface area (TPSA) is 146 Å². The van der Waals surface area contributed by atoms with Crippen molar-refractivity contribution in [2.75, 3.05) is 26.8 Å². The molecule has 2 aromatic rings. The third-order valence-electron chi connectivity index (χ3n) is 7.06. The number of benzene rings is 2. The molecule has 2 aliphatic rings. The van der Waals surface area contributed by atoms with E-state index in [9.17, 15) is 24.3 Å². The van der Waals surface area contributed by atoms with E-state index >= 15 is 0 Å². The molecule has 0 radical (unpaired) electrons. The van der Waals surface area contributed by atoms with Crippen LogP contribution in [0.1, 0.15) is 57.1 Å². The highest BCUT2D eigenvalue weighted by Crippen LogP contribution is 2.29. The number of epoxide rings is 1. The van der Waals surface area contributed by atoms with Gasteiger partial charge in [0.1, 0.15) is 17.1 Å². The van der Waals surface area contributed by atoms with E-state index in [1.54, 1.807) is 26.2 Å². The SMILES string of the molecule is CCNC(=O)C1CCCCC1.COc1ccc(C)cc1.C[C@]1(C(=O)C(Cc2ccc(O)cc2)NC(=O)CNC=O)CO1.